The van der Waals surface area contributed by atoms with E-state index in [-0.39, 0.29) is 18.4 Å². The molecule has 0 unspecified atom stereocenters. The highest BCUT2D eigenvalue weighted by Gasteiger charge is 2.09. The molecule has 2 amide bonds. The SMILES string of the molecule is COc1cc(C=NNC(=O)c2cccc(Br)c2)ccc1OCC(=O)Nc1ccccc1. The molecule has 0 bridgehead atoms. The standard InChI is InChI=1S/C23H20BrN3O4/c1-30-21-12-16(14-25-27-23(29)17-6-5-7-18(24)13-17)10-11-20(21)31-15-22(28)26-19-8-3-2-4-9-19/h2-14H,15H2,1H3,(H,26,28)(H,27,29). The van der Waals surface area contributed by atoms with Gasteiger partial charge in [0, 0.05) is 15.7 Å². The Hall–Kier alpha value is -3.65. The molecule has 0 aliphatic carbocycles. The van der Waals surface area contributed by atoms with Crippen molar-refractivity contribution in [3.05, 3.63) is 88.4 Å². The molecule has 3 aromatic carbocycles. The van der Waals surface area contributed by atoms with E-state index in [0.29, 0.717) is 28.3 Å². The van der Waals surface area contributed by atoms with Gasteiger partial charge in [-0.15, -0.1) is 0 Å². The number of carbonyl (C=O) groups is 2. The average molecular weight is 482 g/mol. The minimum Gasteiger partial charge on any atom is -0.493 e. The molecule has 0 aromatic heterocycles. The smallest absolute Gasteiger partial charge is 0.271 e. The molecule has 0 aliphatic rings. The topological polar surface area (TPSA) is 89.0 Å². The van der Waals surface area contributed by atoms with Crippen LogP contribution in [0.25, 0.3) is 0 Å². The van der Waals surface area contributed by atoms with Gasteiger partial charge in [0.25, 0.3) is 11.8 Å². The van der Waals surface area contributed by atoms with E-state index < -0.39 is 0 Å². The van der Waals surface area contributed by atoms with E-state index in [9.17, 15) is 9.59 Å². The predicted molar refractivity (Wildman–Crippen MR) is 123 cm³/mol. The van der Waals surface area contributed by atoms with Crippen LogP contribution in [0.5, 0.6) is 11.5 Å². The van der Waals surface area contributed by atoms with E-state index in [2.05, 4.69) is 31.8 Å². The summed E-state index contributed by atoms with van der Waals surface area (Å²) in [5.41, 5.74) is 4.34. The molecule has 8 heteroatoms. The fourth-order valence-electron chi connectivity index (χ4n) is 2.61. The first-order valence-corrected chi connectivity index (χ1v) is 10.1. The van der Waals surface area contributed by atoms with Crippen LogP contribution in [-0.4, -0.2) is 31.7 Å². The average Bonchev–Trinajstić information content (AvgIpc) is 2.78. The molecule has 2 N–H and O–H groups in total. The van der Waals surface area contributed by atoms with Crippen LogP contribution in [0.3, 0.4) is 0 Å². The number of ether oxygens (including phenoxy) is 2. The number of halogens is 1. The quantitative estimate of drug-likeness (QED) is 0.372. The summed E-state index contributed by atoms with van der Waals surface area (Å²) in [4.78, 5) is 24.2. The zero-order valence-electron chi connectivity index (χ0n) is 16.7. The summed E-state index contributed by atoms with van der Waals surface area (Å²) < 4.78 is 11.7. The molecule has 158 valence electrons. The van der Waals surface area contributed by atoms with Gasteiger partial charge in [-0.05, 0) is 54.1 Å². The molecule has 31 heavy (non-hydrogen) atoms. The van der Waals surface area contributed by atoms with Crippen LogP contribution in [0.4, 0.5) is 5.69 Å². The van der Waals surface area contributed by atoms with E-state index in [4.69, 9.17) is 9.47 Å². The number of carbonyl (C=O) groups excluding carboxylic acids is 2. The number of nitrogens with zero attached hydrogens (tertiary/aromatic N) is 1. The van der Waals surface area contributed by atoms with E-state index in [1.54, 1.807) is 48.5 Å². The van der Waals surface area contributed by atoms with Gasteiger partial charge in [0.15, 0.2) is 18.1 Å². The first-order valence-electron chi connectivity index (χ1n) is 9.30. The zero-order chi connectivity index (χ0) is 22.1. The molecule has 3 rings (SSSR count). The summed E-state index contributed by atoms with van der Waals surface area (Å²) in [7, 11) is 1.50. The predicted octanol–water partition coefficient (Wildman–Crippen LogP) is 4.24. The van der Waals surface area contributed by atoms with Gasteiger partial charge in [0.1, 0.15) is 0 Å². The van der Waals surface area contributed by atoms with Gasteiger partial charge in [-0.2, -0.15) is 5.10 Å². The van der Waals surface area contributed by atoms with Crippen molar-refractivity contribution in [1.29, 1.82) is 0 Å². The summed E-state index contributed by atoms with van der Waals surface area (Å²) >= 11 is 3.33. The Balaban J connectivity index is 1.57. The number of hydrazone groups is 1. The van der Waals surface area contributed by atoms with E-state index >= 15 is 0 Å². The maximum atomic E-state index is 12.1. The van der Waals surface area contributed by atoms with Gasteiger partial charge in [0.05, 0.1) is 13.3 Å². The maximum absolute atomic E-state index is 12.1. The van der Waals surface area contributed by atoms with E-state index in [1.807, 2.05) is 24.3 Å². The molecule has 0 atom stereocenters. The van der Waals surface area contributed by atoms with Crippen molar-refractivity contribution in [3.63, 3.8) is 0 Å². The number of nitrogens with one attached hydrogen (secondary N) is 2. The molecular formula is C23H20BrN3O4. The molecular weight excluding hydrogens is 462 g/mol. The van der Waals surface area contributed by atoms with E-state index in [1.165, 1.54) is 13.3 Å². The maximum Gasteiger partial charge on any atom is 0.271 e. The second-order valence-corrected chi connectivity index (χ2v) is 7.24. The van der Waals surface area contributed by atoms with Gasteiger partial charge in [-0.25, -0.2) is 5.43 Å². The van der Waals surface area contributed by atoms with Gasteiger partial charge in [-0.3, -0.25) is 9.59 Å². The monoisotopic (exact) mass is 481 g/mol. The number of hydrogen-bond acceptors (Lipinski definition) is 5. The number of hydrogen-bond donors (Lipinski definition) is 2. The van der Waals surface area contributed by atoms with Crippen LogP contribution < -0.4 is 20.2 Å². The third-order valence-corrected chi connectivity index (χ3v) is 4.56. The number of anilines is 1. The minimum atomic E-state index is -0.325. The number of amides is 2. The first-order chi connectivity index (χ1) is 15.0. The number of rotatable bonds is 8. The normalized spacial score (nSPS) is 10.5. The van der Waals surface area contributed by atoms with Crippen LogP contribution >= 0.6 is 15.9 Å². The van der Waals surface area contributed by atoms with Gasteiger partial charge in [0.2, 0.25) is 0 Å². The molecule has 0 spiro atoms. The van der Waals surface area contributed by atoms with Crippen molar-refractivity contribution in [1.82, 2.24) is 5.43 Å². The lowest BCUT2D eigenvalue weighted by Crippen LogP contribution is -2.20. The summed E-state index contributed by atoms with van der Waals surface area (Å²) in [5.74, 6) is 0.249. The molecule has 0 aliphatic heterocycles. The molecule has 0 saturated carbocycles. The second-order valence-electron chi connectivity index (χ2n) is 6.32. The Morgan fingerprint density at radius 2 is 1.81 bits per heavy atom. The minimum absolute atomic E-state index is 0.165. The van der Waals surface area contributed by atoms with Crippen molar-refractivity contribution in [2.75, 3.05) is 19.0 Å². The Morgan fingerprint density at radius 1 is 1.00 bits per heavy atom. The van der Waals surface area contributed by atoms with Crippen LogP contribution in [-0.2, 0) is 4.79 Å². The van der Waals surface area contributed by atoms with Crippen molar-refractivity contribution < 1.29 is 19.1 Å². The Kier molecular flexibility index (Phi) is 7.78. The highest BCUT2D eigenvalue weighted by atomic mass is 79.9. The summed E-state index contributed by atoms with van der Waals surface area (Å²) in [6, 6.07) is 21.2. The molecule has 0 fully saturated rings. The lowest BCUT2D eigenvalue weighted by atomic mass is 10.2. The van der Waals surface area contributed by atoms with Crippen LogP contribution in [0, 0.1) is 0 Å². The lowest BCUT2D eigenvalue weighted by molar-refractivity contribution is -0.118. The molecule has 0 heterocycles. The molecule has 0 radical (unpaired) electrons. The molecule has 7 nitrogen and oxygen atoms in total. The second kappa shape index (κ2) is 10.9. The third kappa shape index (κ3) is 6.68. The molecule has 0 saturated heterocycles. The molecule has 3 aromatic rings. The van der Waals surface area contributed by atoms with Crippen molar-refractivity contribution >= 4 is 39.6 Å². The van der Waals surface area contributed by atoms with Crippen molar-refractivity contribution in [3.8, 4) is 11.5 Å². The fourth-order valence-corrected chi connectivity index (χ4v) is 3.00. The fraction of sp³-hybridized carbons (Fsp3) is 0.0870. The Bertz CT molecular complexity index is 1090. The Morgan fingerprint density at radius 3 is 2.55 bits per heavy atom. The highest BCUT2D eigenvalue weighted by Crippen LogP contribution is 2.27. The van der Waals surface area contributed by atoms with E-state index in [0.717, 1.165) is 4.47 Å². The summed E-state index contributed by atoms with van der Waals surface area (Å²) in [6.07, 6.45) is 1.49. The largest absolute Gasteiger partial charge is 0.493 e. The Labute approximate surface area is 188 Å². The summed E-state index contributed by atoms with van der Waals surface area (Å²) in [5, 5.41) is 6.72. The third-order valence-electron chi connectivity index (χ3n) is 4.07. The summed E-state index contributed by atoms with van der Waals surface area (Å²) in [6.45, 7) is -0.165. The number of benzene rings is 3. The number of para-hydroxylation sites is 1. The number of methoxy groups -OCH3 is 1. The van der Waals surface area contributed by atoms with Gasteiger partial charge < -0.3 is 14.8 Å². The van der Waals surface area contributed by atoms with Crippen molar-refractivity contribution in [2.45, 2.75) is 0 Å². The van der Waals surface area contributed by atoms with Gasteiger partial charge >= 0.3 is 0 Å². The van der Waals surface area contributed by atoms with Gasteiger partial charge in [-0.1, -0.05) is 40.2 Å². The van der Waals surface area contributed by atoms with Crippen LogP contribution in [0.2, 0.25) is 0 Å². The van der Waals surface area contributed by atoms with Crippen molar-refractivity contribution in [2.24, 2.45) is 5.10 Å². The zero-order valence-corrected chi connectivity index (χ0v) is 18.3. The first kappa shape index (κ1) is 22.0. The van der Waals surface area contributed by atoms with Crippen LogP contribution in [0.1, 0.15) is 15.9 Å². The van der Waals surface area contributed by atoms with Crippen LogP contribution in [0.15, 0.2) is 82.4 Å². The highest BCUT2D eigenvalue weighted by molar-refractivity contribution is 9.10. The lowest BCUT2D eigenvalue weighted by Gasteiger charge is -2.11.